The molecule has 0 aliphatic heterocycles. The maximum absolute atomic E-state index is 4.51. The summed E-state index contributed by atoms with van der Waals surface area (Å²) in [5.41, 5.74) is 0. The van der Waals surface area contributed by atoms with E-state index in [1.807, 2.05) is 0 Å². The summed E-state index contributed by atoms with van der Waals surface area (Å²) in [6.45, 7) is 6.41. The molecule has 0 saturated carbocycles. The minimum absolute atomic E-state index is 0.350. The van der Waals surface area contributed by atoms with E-state index < -0.39 is 0 Å². The van der Waals surface area contributed by atoms with Gasteiger partial charge in [-0.05, 0) is 17.9 Å². The second-order valence-corrected chi connectivity index (χ2v) is 5.96. The third-order valence-corrected chi connectivity index (χ3v) is 4.20. The molecule has 92 valence electrons. The Labute approximate surface area is 110 Å². The quantitative estimate of drug-likeness (QED) is 0.878. The van der Waals surface area contributed by atoms with E-state index in [1.54, 1.807) is 11.3 Å². The molecule has 0 aliphatic rings. The Balaban J connectivity index is 2.08. The highest BCUT2D eigenvalue weighted by molar-refractivity contribution is 7.10. The maximum atomic E-state index is 4.51. The standard InChI is InChI=1S/C12H17N3S2/c1-4-9(10-6-5-7-16-10)13-12-14-11(8(2)3)15-17-12/h5-9H,4H2,1-3H3,(H,13,14,15). The molecule has 5 heteroatoms. The molecule has 0 amide bonds. The third-order valence-electron chi connectivity index (χ3n) is 2.55. The number of anilines is 1. The molecule has 0 aromatic carbocycles. The van der Waals surface area contributed by atoms with Crippen molar-refractivity contribution in [1.82, 2.24) is 9.36 Å². The van der Waals surface area contributed by atoms with E-state index in [1.165, 1.54) is 16.4 Å². The van der Waals surface area contributed by atoms with E-state index in [2.05, 4.69) is 53.0 Å². The number of rotatable bonds is 5. The fourth-order valence-corrected chi connectivity index (χ4v) is 3.16. The largest absolute Gasteiger partial charge is 0.353 e. The zero-order valence-electron chi connectivity index (χ0n) is 10.3. The van der Waals surface area contributed by atoms with Crippen LogP contribution in [-0.4, -0.2) is 9.36 Å². The Morgan fingerprint density at radius 2 is 2.24 bits per heavy atom. The van der Waals surface area contributed by atoms with Gasteiger partial charge >= 0.3 is 0 Å². The average molecular weight is 267 g/mol. The molecule has 0 bridgehead atoms. The molecule has 17 heavy (non-hydrogen) atoms. The molecule has 0 fully saturated rings. The molecular weight excluding hydrogens is 250 g/mol. The van der Waals surface area contributed by atoms with Crippen LogP contribution in [0.5, 0.6) is 0 Å². The van der Waals surface area contributed by atoms with Crippen molar-refractivity contribution < 1.29 is 0 Å². The Morgan fingerprint density at radius 3 is 2.76 bits per heavy atom. The first-order valence-corrected chi connectivity index (χ1v) is 7.49. The van der Waals surface area contributed by atoms with Gasteiger partial charge < -0.3 is 5.32 Å². The lowest BCUT2D eigenvalue weighted by atomic mass is 10.2. The van der Waals surface area contributed by atoms with Crippen LogP contribution in [-0.2, 0) is 0 Å². The number of aromatic nitrogens is 2. The highest BCUT2D eigenvalue weighted by atomic mass is 32.1. The first kappa shape index (κ1) is 12.5. The molecule has 0 aliphatic carbocycles. The van der Waals surface area contributed by atoms with Gasteiger partial charge in [-0.15, -0.1) is 11.3 Å². The molecule has 1 N–H and O–H groups in total. The highest BCUT2D eigenvalue weighted by Gasteiger charge is 2.13. The number of hydrogen-bond acceptors (Lipinski definition) is 5. The predicted octanol–water partition coefficient (Wildman–Crippen LogP) is 4.29. The fourth-order valence-electron chi connectivity index (χ4n) is 1.54. The monoisotopic (exact) mass is 267 g/mol. The van der Waals surface area contributed by atoms with Crippen LogP contribution in [0.1, 0.15) is 49.9 Å². The van der Waals surface area contributed by atoms with Crippen molar-refractivity contribution >= 4 is 28.0 Å². The van der Waals surface area contributed by atoms with Gasteiger partial charge in [0.05, 0.1) is 6.04 Å². The van der Waals surface area contributed by atoms with Crippen molar-refractivity contribution in [3.05, 3.63) is 28.2 Å². The van der Waals surface area contributed by atoms with Crippen molar-refractivity contribution in [2.45, 2.75) is 39.2 Å². The molecule has 2 rings (SSSR count). The van der Waals surface area contributed by atoms with Gasteiger partial charge in [-0.2, -0.15) is 4.37 Å². The molecular formula is C12H17N3S2. The van der Waals surface area contributed by atoms with E-state index in [9.17, 15) is 0 Å². The van der Waals surface area contributed by atoms with Gasteiger partial charge in [0.1, 0.15) is 5.82 Å². The Kier molecular flexibility index (Phi) is 4.12. The van der Waals surface area contributed by atoms with Crippen LogP contribution in [0.4, 0.5) is 5.13 Å². The second kappa shape index (κ2) is 5.60. The van der Waals surface area contributed by atoms with Gasteiger partial charge in [0.15, 0.2) is 0 Å². The molecule has 0 radical (unpaired) electrons. The van der Waals surface area contributed by atoms with Crippen LogP contribution in [0.3, 0.4) is 0 Å². The van der Waals surface area contributed by atoms with Gasteiger partial charge in [0.25, 0.3) is 0 Å². The lowest BCUT2D eigenvalue weighted by Gasteiger charge is -2.13. The summed E-state index contributed by atoms with van der Waals surface area (Å²) in [7, 11) is 0. The van der Waals surface area contributed by atoms with Gasteiger partial charge in [-0.3, -0.25) is 0 Å². The summed E-state index contributed by atoms with van der Waals surface area (Å²) >= 11 is 3.23. The SMILES string of the molecule is CCC(Nc1nc(C(C)C)ns1)c1cccs1. The lowest BCUT2D eigenvalue weighted by Crippen LogP contribution is -2.07. The second-order valence-electron chi connectivity index (χ2n) is 4.23. The third kappa shape index (κ3) is 3.04. The van der Waals surface area contributed by atoms with Gasteiger partial charge in [-0.1, -0.05) is 26.8 Å². The average Bonchev–Trinajstić information content (AvgIpc) is 2.96. The molecule has 1 atom stereocenters. The van der Waals surface area contributed by atoms with E-state index in [0.29, 0.717) is 12.0 Å². The van der Waals surface area contributed by atoms with E-state index in [-0.39, 0.29) is 0 Å². The summed E-state index contributed by atoms with van der Waals surface area (Å²) < 4.78 is 4.36. The van der Waals surface area contributed by atoms with Gasteiger partial charge in [0, 0.05) is 22.3 Å². The molecule has 0 saturated heterocycles. The minimum atomic E-state index is 0.350. The Hall–Kier alpha value is -0.940. The van der Waals surface area contributed by atoms with Gasteiger partial charge in [0.2, 0.25) is 5.13 Å². The number of thiophene rings is 1. The summed E-state index contributed by atoms with van der Waals surface area (Å²) in [5, 5.41) is 6.50. The molecule has 2 heterocycles. The molecule has 1 unspecified atom stereocenters. The van der Waals surface area contributed by atoms with E-state index in [4.69, 9.17) is 0 Å². The normalized spacial score (nSPS) is 12.9. The van der Waals surface area contributed by atoms with Crippen molar-refractivity contribution in [2.75, 3.05) is 5.32 Å². The predicted molar refractivity (Wildman–Crippen MR) is 75.0 cm³/mol. The van der Waals surface area contributed by atoms with Crippen LogP contribution in [0, 0.1) is 0 Å². The smallest absolute Gasteiger partial charge is 0.203 e. The van der Waals surface area contributed by atoms with Gasteiger partial charge in [-0.25, -0.2) is 4.98 Å². The summed E-state index contributed by atoms with van der Waals surface area (Å²) in [6, 6.07) is 4.60. The topological polar surface area (TPSA) is 37.8 Å². The number of hydrogen-bond donors (Lipinski definition) is 1. The van der Waals surface area contributed by atoms with Crippen LogP contribution in [0.25, 0.3) is 0 Å². The summed E-state index contributed by atoms with van der Waals surface area (Å²) in [6.07, 6.45) is 1.05. The number of nitrogens with zero attached hydrogens (tertiary/aromatic N) is 2. The van der Waals surface area contributed by atoms with Crippen molar-refractivity contribution in [2.24, 2.45) is 0 Å². The van der Waals surface area contributed by atoms with Crippen molar-refractivity contribution in [3.8, 4) is 0 Å². The molecule has 0 spiro atoms. The van der Waals surface area contributed by atoms with Crippen LogP contribution in [0.15, 0.2) is 17.5 Å². The molecule has 3 nitrogen and oxygen atoms in total. The fraction of sp³-hybridized carbons (Fsp3) is 0.500. The summed E-state index contributed by atoms with van der Waals surface area (Å²) in [5.74, 6) is 1.32. The number of nitrogens with one attached hydrogen (secondary N) is 1. The lowest BCUT2D eigenvalue weighted by molar-refractivity contribution is 0.755. The van der Waals surface area contributed by atoms with E-state index >= 15 is 0 Å². The van der Waals surface area contributed by atoms with Crippen LogP contribution >= 0.6 is 22.9 Å². The van der Waals surface area contributed by atoms with E-state index in [0.717, 1.165) is 17.4 Å². The first-order chi connectivity index (χ1) is 8.20. The maximum Gasteiger partial charge on any atom is 0.203 e. The Morgan fingerprint density at radius 1 is 1.41 bits per heavy atom. The van der Waals surface area contributed by atoms with Crippen molar-refractivity contribution in [3.63, 3.8) is 0 Å². The molecule has 2 aromatic rings. The minimum Gasteiger partial charge on any atom is -0.353 e. The van der Waals surface area contributed by atoms with Crippen LogP contribution < -0.4 is 5.32 Å². The molecule has 2 aromatic heterocycles. The zero-order chi connectivity index (χ0) is 12.3. The van der Waals surface area contributed by atoms with Crippen molar-refractivity contribution in [1.29, 1.82) is 0 Å². The van der Waals surface area contributed by atoms with Crippen LogP contribution in [0.2, 0.25) is 0 Å². The zero-order valence-corrected chi connectivity index (χ0v) is 11.9. The highest BCUT2D eigenvalue weighted by Crippen LogP contribution is 2.27. The summed E-state index contributed by atoms with van der Waals surface area (Å²) in [4.78, 5) is 5.86. The Bertz CT molecular complexity index is 448. The first-order valence-electron chi connectivity index (χ1n) is 5.84.